The molecule has 2 aliphatic heterocycles. The van der Waals surface area contributed by atoms with Gasteiger partial charge in [-0.2, -0.15) is 0 Å². The number of halogens is 1. The standard InChI is InChI=1S/C31H42FN4O6/c1-3-4-5-6-18-40-31(39)41-20-36(17-13-24-21(2)33-29-26(37)8-7-14-35(29)30(24)38)15-11-22(12-16-36)28-25-10-9-23(32)19-27(25)42-34-28/h9-10,19,22,26,37H,3-8,11-18,20H2,1-2H3/q+1. The van der Waals surface area contributed by atoms with Gasteiger partial charge in [-0.25, -0.2) is 14.2 Å². The van der Waals surface area contributed by atoms with Crippen molar-refractivity contribution >= 4 is 17.1 Å². The topological polar surface area (TPSA) is 117 Å². The molecular weight excluding hydrogens is 543 g/mol. The average molecular weight is 586 g/mol. The number of carbonyl (C=O) groups is 1. The molecule has 0 saturated carbocycles. The van der Waals surface area contributed by atoms with Gasteiger partial charge in [0.05, 0.1) is 31.9 Å². The van der Waals surface area contributed by atoms with Crippen LogP contribution in [0, 0.1) is 12.7 Å². The predicted octanol–water partition coefficient (Wildman–Crippen LogP) is 5.29. The molecule has 4 heterocycles. The van der Waals surface area contributed by atoms with E-state index in [1.807, 2.05) is 6.92 Å². The van der Waals surface area contributed by atoms with E-state index in [-0.39, 0.29) is 24.0 Å². The highest BCUT2D eigenvalue weighted by Gasteiger charge is 2.38. The van der Waals surface area contributed by atoms with E-state index in [4.69, 9.17) is 14.0 Å². The first-order valence-electron chi connectivity index (χ1n) is 15.3. The van der Waals surface area contributed by atoms with E-state index in [1.54, 1.807) is 10.6 Å². The van der Waals surface area contributed by atoms with Crippen molar-refractivity contribution in [2.75, 3.05) is 33.0 Å². The SMILES string of the molecule is CCCCCCOC(=O)OC[N+]1(CCc2c(C)nc3n(c2=O)CCCC3O)CCC(c2noc3cc(F)ccc23)CC1. The van der Waals surface area contributed by atoms with E-state index in [2.05, 4.69) is 17.1 Å². The number of ether oxygens (including phenoxy) is 2. The second kappa shape index (κ2) is 13.3. The van der Waals surface area contributed by atoms with Crippen LogP contribution >= 0.6 is 0 Å². The van der Waals surface area contributed by atoms with Crippen LogP contribution in [0.1, 0.15) is 93.1 Å². The molecule has 0 aliphatic carbocycles. The lowest BCUT2D eigenvalue weighted by Gasteiger charge is -2.42. The number of carbonyl (C=O) groups excluding carboxylic acids is 1. The summed E-state index contributed by atoms with van der Waals surface area (Å²) in [6.07, 6.45) is 5.98. The van der Waals surface area contributed by atoms with Crippen molar-refractivity contribution in [2.24, 2.45) is 0 Å². The Labute approximate surface area is 245 Å². The maximum atomic E-state index is 13.7. The monoisotopic (exact) mass is 585 g/mol. The quantitative estimate of drug-likeness (QED) is 0.183. The number of unbranched alkanes of at least 4 members (excludes halogenated alkanes) is 3. The number of aryl methyl sites for hydroxylation is 1. The largest absolute Gasteiger partial charge is 0.512 e. The van der Waals surface area contributed by atoms with Gasteiger partial charge in [0.15, 0.2) is 5.58 Å². The van der Waals surface area contributed by atoms with Crippen molar-refractivity contribution in [3.05, 3.63) is 57.1 Å². The van der Waals surface area contributed by atoms with Crippen LogP contribution in [-0.4, -0.2) is 63.4 Å². The molecule has 2 aliphatic rings. The molecule has 1 unspecified atom stereocenters. The summed E-state index contributed by atoms with van der Waals surface area (Å²) in [5, 5.41) is 15.5. The number of fused-ring (bicyclic) bond motifs is 2. The van der Waals surface area contributed by atoms with Gasteiger partial charge in [-0.15, -0.1) is 0 Å². The van der Waals surface area contributed by atoms with Crippen LogP contribution in [0.3, 0.4) is 0 Å². The number of piperidine rings is 1. The number of benzene rings is 1. The minimum atomic E-state index is -0.720. The van der Waals surface area contributed by atoms with E-state index in [0.717, 1.165) is 56.0 Å². The fraction of sp³-hybridized carbons (Fsp3) is 0.613. The molecule has 0 radical (unpaired) electrons. The Kier molecular flexibility index (Phi) is 9.57. The number of aliphatic hydroxyl groups excluding tert-OH is 1. The van der Waals surface area contributed by atoms with Gasteiger partial charge in [0.1, 0.15) is 17.7 Å². The molecule has 0 spiro atoms. The van der Waals surface area contributed by atoms with Crippen LogP contribution in [0.5, 0.6) is 0 Å². The Balaban J connectivity index is 1.30. The Bertz CT molecular complexity index is 1450. The highest BCUT2D eigenvalue weighted by Crippen LogP contribution is 2.35. The zero-order valence-corrected chi connectivity index (χ0v) is 24.6. The number of hydrogen-bond donors (Lipinski definition) is 1. The van der Waals surface area contributed by atoms with Crippen LogP contribution in [0.2, 0.25) is 0 Å². The molecule has 2 aromatic heterocycles. The molecule has 1 fully saturated rings. The third-order valence-electron chi connectivity index (χ3n) is 8.92. The smallest absolute Gasteiger partial charge is 0.434 e. The minimum Gasteiger partial charge on any atom is -0.434 e. The van der Waals surface area contributed by atoms with Crippen molar-refractivity contribution in [1.82, 2.24) is 14.7 Å². The van der Waals surface area contributed by atoms with Crippen molar-refractivity contribution in [2.45, 2.75) is 90.2 Å². The number of nitrogens with zero attached hydrogens (tertiary/aromatic N) is 4. The predicted molar refractivity (Wildman–Crippen MR) is 153 cm³/mol. The highest BCUT2D eigenvalue weighted by molar-refractivity contribution is 5.79. The van der Waals surface area contributed by atoms with Crippen LogP contribution < -0.4 is 5.56 Å². The molecular formula is C31H42FN4O6+. The Hall–Kier alpha value is -3.31. The summed E-state index contributed by atoms with van der Waals surface area (Å²) in [6, 6.07) is 4.48. The van der Waals surface area contributed by atoms with Gasteiger partial charge in [0.2, 0.25) is 6.73 Å². The Morgan fingerprint density at radius 1 is 1.19 bits per heavy atom. The van der Waals surface area contributed by atoms with E-state index >= 15 is 0 Å². The Morgan fingerprint density at radius 3 is 2.79 bits per heavy atom. The minimum absolute atomic E-state index is 0.0991. The fourth-order valence-corrected chi connectivity index (χ4v) is 6.35. The van der Waals surface area contributed by atoms with E-state index in [0.29, 0.717) is 72.8 Å². The number of hydrogen-bond acceptors (Lipinski definition) is 8. The molecule has 0 bridgehead atoms. The zero-order chi connectivity index (χ0) is 29.7. The van der Waals surface area contributed by atoms with Crippen LogP contribution in [0.15, 0.2) is 27.5 Å². The zero-order valence-electron chi connectivity index (χ0n) is 24.6. The molecule has 228 valence electrons. The van der Waals surface area contributed by atoms with Crippen LogP contribution in [0.25, 0.3) is 11.0 Å². The molecule has 1 aromatic carbocycles. The second-order valence-electron chi connectivity index (χ2n) is 11.8. The molecule has 1 atom stereocenters. The van der Waals surface area contributed by atoms with Gasteiger partial charge in [-0.05, 0) is 38.3 Å². The lowest BCUT2D eigenvalue weighted by atomic mass is 9.90. The molecule has 0 amide bonds. The highest BCUT2D eigenvalue weighted by atomic mass is 19.1. The maximum absolute atomic E-state index is 13.7. The maximum Gasteiger partial charge on any atom is 0.512 e. The molecule has 1 N–H and O–H groups in total. The first kappa shape index (κ1) is 30.2. The summed E-state index contributed by atoms with van der Waals surface area (Å²) in [4.78, 5) is 30.5. The second-order valence-corrected chi connectivity index (χ2v) is 11.8. The summed E-state index contributed by atoms with van der Waals surface area (Å²) >= 11 is 0. The average Bonchev–Trinajstić information content (AvgIpc) is 3.40. The summed E-state index contributed by atoms with van der Waals surface area (Å²) in [5.41, 5.74) is 2.42. The van der Waals surface area contributed by atoms with Crippen molar-refractivity contribution in [3.63, 3.8) is 0 Å². The van der Waals surface area contributed by atoms with Gasteiger partial charge < -0.3 is 19.1 Å². The lowest BCUT2D eigenvalue weighted by Crippen LogP contribution is -2.55. The van der Waals surface area contributed by atoms with Gasteiger partial charge in [0.25, 0.3) is 5.56 Å². The van der Waals surface area contributed by atoms with Gasteiger partial charge in [-0.1, -0.05) is 31.3 Å². The number of rotatable bonds is 11. The van der Waals surface area contributed by atoms with Crippen LogP contribution in [-0.2, 0) is 22.4 Å². The fourth-order valence-electron chi connectivity index (χ4n) is 6.35. The van der Waals surface area contributed by atoms with E-state index in [9.17, 15) is 19.1 Å². The normalized spacial score (nSPS) is 22.2. The Morgan fingerprint density at radius 2 is 2.00 bits per heavy atom. The van der Waals surface area contributed by atoms with Crippen molar-refractivity contribution < 1.29 is 32.8 Å². The summed E-state index contributed by atoms with van der Waals surface area (Å²) in [5.74, 6) is 0.200. The van der Waals surface area contributed by atoms with E-state index in [1.165, 1.54) is 12.1 Å². The summed E-state index contributed by atoms with van der Waals surface area (Å²) < 4.78 is 32.2. The first-order valence-corrected chi connectivity index (χ1v) is 15.3. The molecule has 42 heavy (non-hydrogen) atoms. The molecule has 11 heteroatoms. The van der Waals surface area contributed by atoms with Crippen molar-refractivity contribution in [1.29, 1.82) is 0 Å². The third kappa shape index (κ3) is 6.67. The van der Waals surface area contributed by atoms with Crippen LogP contribution in [0.4, 0.5) is 9.18 Å². The summed E-state index contributed by atoms with van der Waals surface area (Å²) in [6.45, 7) is 6.96. The molecule has 10 nitrogen and oxygen atoms in total. The van der Waals surface area contributed by atoms with Gasteiger partial charge in [0, 0.05) is 54.4 Å². The summed E-state index contributed by atoms with van der Waals surface area (Å²) in [7, 11) is 0. The van der Waals surface area contributed by atoms with Crippen molar-refractivity contribution in [3.8, 4) is 0 Å². The number of quaternary nitrogens is 1. The van der Waals surface area contributed by atoms with E-state index < -0.39 is 12.3 Å². The number of aliphatic hydroxyl groups is 1. The molecule has 3 aromatic rings. The van der Waals surface area contributed by atoms with Gasteiger partial charge in [-0.3, -0.25) is 13.8 Å². The number of aromatic nitrogens is 3. The molecule has 5 rings (SSSR count). The molecule has 1 saturated heterocycles. The number of likely N-dealkylation sites (tertiary alicyclic amines) is 1. The first-order chi connectivity index (χ1) is 20.3. The van der Waals surface area contributed by atoms with Gasteiger partial charge >= 0.3 is 6.16 Å². The third-order valence-corrected chi connectivity index (χ3v) is 8.92. The lowest BCUT2D eigenvalue weighted by molar-refractivity contribution is -0.948.